The van der Waals surface area contributed by atoms with Gasteiger partial charge in [-0.2, -0.15) is 0 Å². The highest BCUT2D eigenvalue weighted by Gasteiger charge is 2.18. The third-order valence-corrected chi connectivity index (χ3v) is 3.64. The van der Waals surface area contributed by atoms with E-state index in [2.05, 4.69) is 43.3 Å². The molecule has 2 N–H and O–H groups in total. The van der Waals surface area contributed by atoms with Crippen LogP contribution in [0.1, 0.15) is 24.6 Å². The Balaban J connectivity index is 1.97. The van der Waals surface area contributed by atoms with Gasteiger partial charge in [-0.05, 0) is 37.6 Å². The molecular weight excluding hydrogens is 266 g/mol. The monoisotopic (exact) mass is 279 g/mol. The summed E-state index contributed by atoms with van der Waals surface area (Å²) in [7, 11) is 0. The average Bonchev–Trinajstić information content (AvgIpc) is 2.73. The van der Waals surface area contributed by atoms with Crippen LogP contribution >= 0.6 is 15.9 Å². The highest BCUT2D eigenvalue weighted by Crippen LogP contribution is 2.24. The first-order valence-electron chi connectivity index (χ1n) is 5.69. The minimum absolute atomic E-state index is 0.542. The molecular formula is C12H14BrN3. The number of nitrogens with one attached hydrogen (secondary N) is 2. The van der Waals surface area contributed by atoms with Crippen molar-refractivity contribution in [1.82, 2.24) is 15.3 Å². The van der Waals surface area contributed by atoms with Gasteiger partial charge < -0.3 is 10.3 Å². The van der Waals surface area contributed by atoms with Gasteiger partial charge in [-0.15, -0.1) is 0 Å². The van der Waals surface area contributed by atoms with Crippen molar-refractivity contribution < 1.29 is 0 Å². The molecule has 0 bridgehead atoms. The zero-order chi connectivity index (χ0) is 11.0. The second kappa shape index (κ2) is 4.18. The summed E-state index contributed by atoms with van der Waals surface area (Å²) in [5.74, 6) is 1.67. The molecule has 2 heterocycles. The first-order valence-corrected chi connectivity index (χ1v) is 6.48. The molecule has 1 fully saturated rings. The van der Waals surface area contributed by atoms with Crippen LogP contribution in [0.4, 0.5) is 0 Å². The van der Waals surface area contributed by atoms with Crippen molar-refractivity contribution in [2.24, 2.45) is 0 Å². The summed E-state index contributed by atoms with van der Waals surface area (Å²) in [6.45, 7) is 2.18. The standard InChI is InChI=1S/C12H14BrN3/c13-9-3-4-10-11(6-9)16-12(15-10)8-2-1-5-14-7-8/h3-4,6,8,14H,1-2,5,7H2,(H,15,16)/t8-/m0/s1. The van der Waals surface area contributed by atoms with Crippen molar-refractivity contribution in [1.29, 1.82) is 0 Å². The molecule has 1 atom stereocenters. The van der Waals surface area contributed by atoms with E-state index < -0.39 is 0 Å². The molecule has 0 aliphatic carbocycles. The molecule has 3 nitrogen and oxygen atoms in total. The van der Waals surface area contributed by atoms with Gasteiger partial charge in [-0.3, -0.25) is 0 Å². The van der Waals surface area contributed by atoms with Gasteiger partial charge >= 0.3 is 0 Å². The fourth-order valence-electron chi connectivity index (χ4n) is 2.28. The number of rotatable bonds is 1. The third-order valence-electron chi connectivity index (χ3n) is 3.15. The number of imidazole rings is 1. The Morgan fingerprint density at radius 3 is 3.12 bits per heavy atom. The number of aromatic amines is 1. The lowest BCUT2D eigenvalue weighted by Crippen LogP contribution is -2.28. The summed E-state index contributed by atoms with van der Waals surface area (Å²) in [4.78, 5) is 8.09. The molecule has 1 aliphatic rings. The van der Waals surface area contributed by atoms with E-state index >= 15 is 0 Å². The average molecular weight is 280 g/mol. The van der Waals surface area contributed by atoms with Crippen LogP contribution in [0.3, 0.4) is 0 Å². The van der Waals surface area contributed by atoms with Crippen LogP contribution in [0, 0.1) is 0 Å². The number of fused-ring (bicyclic) bond motifs is 1. The predicted octanol–water partition coefficient (Wildman–Crippen LogP) is 2.79. The van der Waals surface area contributed by atoms with Crippen molar-refractivity contribution in [2.45, 2.75) is 18.8 Å². The largest absolute Gasteiger partial charge is 0.342 e. The van der Waals surface area contributed by atoms with Crippen LogP contribution in [0.2, 0.25) is 0 Å². The summed E-state index contributed by atoms with van der Waals surface area (Å²) in [5, 5.41) is 3.42. The molecule has 1 saturated heterocycles. The summed E-state index contributed by atoms with van der Waals surface area (Å²) in [6, 6.07) is 6.17. The highest BCUT2D eigenvalue weighted by atomic mass is 79.9. The van der Waals surface area contributed by atoms with Gasteiger partial charge in [0.15, 0.2) is 0 Å². The van der Waals surface area contributed by atoms with Crippen LogP contribution in [-0.4, -0.2) is 23.1 Å². The summed E-state index contributed by atoms with van der Waals surface area (Å²) in [6.07, 6.45) is 2.47. The zero-order valence-corrected chi connectivity index (χ0v) is 10.5. The summed E-state index contributed by atoms with van der Waals surface area (Å²) in [5.41, 5.74) is 2.18. The maximum atomic E-state index is 4.66. The Bertz CT molecular complexity index is 500. The van der Waals surface area contributed by atoms with Gasteiger partial charge in [0.25, 0.3) is 0 Å². The molecule has 4 heteroatoms. The van der Waals surface area contributed by atoms with Crippen LogP contribution in [0.15, 0.2) is 22.7 Å². The van der Waals surface area contributed by atoms with Gasteiger partial charge in [0.1, 0.15) is 5.82 Å². The minimum Gasteiger partial charge on any atom is -0.342 e. The van der Waals surface area contributed by atoms with Gasteiger partial charge in [-0.25, -0.2) is 4.98 Å². The molecule has 0 amide bonds. The normalized spacial score (nSPS) is 21.4. The Hall–Kier alpha value is -0.870. The summed E-state index contributed by atoms with van der Waals surface area (Å²) >= 11 is 3.48. The van der Waals surface area contributed by atoms with E-state index in [9.17, 15) is 0 Å². The number of H-pyrrole nitrogens is 1. The van der Waals surface area contributed by atoms with Crippen molar-refractivity contribution in [2.75, 3.05) is 13.1 Å². The van der Waals surface area contributed by atoms with E-state index in [4.69, 9.17) is 0 Å². The number of hydrogen-bond acceptors (Lipinski definition) is 2. The van der Waals surface area contributed by atoms with Gasteiger partial charge in [0.2, 0.25) is 0 Å². The van der Waals surface area contributed by atoms with Crippen LogP contribution in [0.5, 0.6) is 0 Å². The lowest BCUT2D eigenvalue weighted by atomic mass is 9.99. The second-order valence-corrected chi connectivity index (χ2v) is 5.24. The molecule has 3 rings (SSSR count). The molecule has 1 aromatic carbocycles. The second-order valence-electron chi connectivity index (χ2n) is 4.33. The van der Waals surface area contributed by atoms with E-state index in [-0.39, 0.29) is 0 Å². The number of halogens is 1. The first-order chi connectivity index (χ1) is 7.83. The van der Waals surface area contributed by atoms with E-state index in [1.54, 1.807) is 0 Å². The van der Waals surface area contributed by atoms with Crippen molar-refractivity contribution in [3.8, 4) is 0 Å². The van der Waals surface area contributed by atoms with Crippen LogP contribution in [0.25, 0.3) is 11.0 Å². The van der Waals surface area contributed by atoms with Crippen LogP contribution < -0.4 is 5.32 Å². The number of piperidine rings is 1. The van der Waals surface area contributed by atoms with Gasteiger partial charge in [0, 0.05) is 16.9 Å². The van der Waals surface area contributed by atoms with E-state index in [1.807, 2.05) is 6.07 Å². The fraction of sp³-hybridized carbons (Fsp3) is 0.417. The molecule has 2 aromatic rings. The summed E-state index contributed by atoms with van der Waals surface area (Å²) < 4.78 is 1.09. The molecule has 0 unspecified atom stereocenters. The van der Waals surface area contributed by atoms with Crippen LogP contribution in [-0.2, 0) is 0 Å². The minimum atomic E-state index is 0.542. The maximum Gasteiger partial charge on any atom is 0.111 e. The number of hydrogen-bond donors (Lipinski definition) is 2. The van der Waals surface area contributed by atoms with E-state index in [1.165, 1.54) is 12.8 Å². The molecule has 84 valence electrons. The Morgan fingerprint density at radius 2 is 2.31 bits per heavy atom. The van der Waals surface area contributed by atoms with Crippen molar-refractivity contribution >= 4 is 27.0 Å². The van der Waals surface area contributed by atoms with Crippen molar-refractivity contribution in [3.63, 3.8) is 0 Å². The Morgan fingerprint density at radius 1 is 1.38 bits per heavy atom. The number of aromatic nitrogens is 2. The quantitative estimate of drug-likeness (QED) is 0.843. The zero-order valence-electron chi connectivity index (χ0n) is 8.96. The molecule has 0 radical (unpaired) electrons. The number of nitrogens with zero attached hydrogens (tertiary/aromatic N) is 1. The number of benzene rings is 1. The maximum absolute atomic E-state index is 4.66. The first kappa shape index (κ1) is 10.3. The molecule has 0 spiro atoms. The molecule has 0 saturated carbocycles. The smallest absolute Gasteiger partial charge is 0.111 e. The van der Waals surface area contributed by atoms with Gasteiger partial charge in [-0.1, -0.05) is 15.9 Å². The molecule has 16 heavy (non-hydrogen) atoms. The fourth-order valence-corrected chi connectivity index (χ4v) is 2.64. The molecule has 1 aromatic heterocycles. The molecule has 1 aliphatic heterocycles. The topological polar surface area (TPSA) is 40.7 Å². The SMILES string of the molecule is Brc1ccc2nc([C@H]3CCCNC3)[nH]c2c1. The lowest BCUT2D eigenvalue weighted by molar-refractivity contribution is 0.449. The van der Waals surface area contributed by atoms with Crippen molar-refractivity contribution in [3.05, 3.63) is 28.5 Å². The Labute approximate surface area is 103 Å². The Kier molecular flexibility index (Phi) is 2.69. The highest BCUT2D eigenvalue weighted by molar-refractivity contribution is 9.10. The van der Waals surface area contributed by atoms with E-state index in [0.29, 0.717) is 5.92 Å². The predicted molar refractivity (Wildman–Crippen MR) is 68.6 cm³/mol. The third kappa shape index (κ3) is 1.87. The lowest BCUT2D eigenvalue weighted by Gasteiger charge is -2.20. The van der Waals surface area contributed by atoms with E-state index in [0.717, 1.165) is 34.4 Å². The van der Waals surface area contributed by atoms with Gasteiger partial charge in [0.05, 0.1) is 11.0 Å².